The molecule has 0 spiro atoms. The first kappa shape index (κ1) is 15.0. The van der Waals surface area contributed by atoms with Crippen LogP contribution in [-0.2, 0) is 6.54 Å². The zero-order chi connectivity index (χ0) is 14.4. The maximum absolute atomic E-state index is 11.8. The number of rotatable bonds is 5. The third kappa shape index (κ3) is 3.79. The molecule has 0 unspecified atom stereocenters. The number of nitrogen functional groups attached to an aromatic ring is 1. The van der Waals surface area contributed by atoms with Gasteiger partial charge in [-0.25, -0.2) is 5.84 Å². The molecule has 0 radical (unpaired) electrons. The number of nitrogens with zero attached hydrogens (tertiary/aromatic N) is 2. The molecule has 1 heterocycles. The smallest absolute Gasteiger partial charge is 0.265 e. The van der Waals surface area contributed by atoms with Gasteiger partial charge in [-0.3, -0.25) is 15.1 Å². The molecule has 0 saturated carbocycles. The molecule has 1 aliphatic heterocycles. The lowest BCUT2D eigenvalue weighted by Gasteiger charge is -2.34. The summed E-state index contributed by atoms with van der Waals surface area (Å²) < 4.78 is 0. The summed E-state index contributed by atoms with van der Waals surface area (Å²) in [4.78, 5) is 16.6. The monoisotopic (exact) mass is 276 g/mol. The van der Waals surface area contributed by atoms with Crippen molar-refractivity contribution in [2.45, 2.75) is 19.9 Å². The second-order valence-electron chi connectivity index (χ2n) is 5.25. The molecule has 3 N–H and O–H groups in total. The zero-order valence-electron chi connectivity index (χ0n) is 12.1. The van der Waals surface area contributed by atoms with Gasteiger partial charge in [-0.05, 0) is 24.6 Å². The molecule has 2 rings (SSSR count). The zero-order valence-corrected chi connectivity index (χ0v) is 12.1. The topological polar surface area (TPSA) is 61.6 Å². The van der Waals surface area contributed by atoms with Crippen LogP contribution < -0.4 is 11.3 Å². The summed E-state index contributed by atoms with van der Waals surface area (Å²) in [5.41, 5.74) is 3.93. The van der Waals surface area contributed by atoms with E-state index in [2.05, 4.69) is 22.1 Å². The number of hydrogen-bond donors (Lipinski definition) is 2. The molecule has 1 fully saturated rings. The molecule has 1 aromatic rings. The van der Waals surface area contributed by atoms with Gasteiger partial charge in [0.25, 0.3) is 5.91 Å². The van der Waals surface area contributed by atoms with E-state index in [1.807, 2.05) is 24.3 Å². The number of nitrogens with one attached hydrogen (secondary N) is 1. The Morgan fingerprint density at radius 1 is 1.20 bits per heavy atom. The van der Waals surface area contributed by atoms with Crippen molar-refractivity contribution in [1.82, 2.24) is 15.2 Å². The first-order chi connectivity index (χ1) is 9.74. The van der Waals surface area contributed by atoms with E-state index >= 15 is 0 Å². The summed E-state index contributed by atoms with van der Waals surface area (Å²) in [7, 11) is 0. The molecular formula is C15H24N4O. The molecule has 5 heteroatoms. The Labute approximate surface area is 120 Å². The molecular weight excluding hydrogens is 252 g/mol. The lowest BCUT2D eigenvalue weighted by molar-refractivity contribution is 0.0948. The number of hydrogen-bond acceptors (Lipinski definition) is 4. The maximum atomic E-state index is 11.8. The van der Waals surface area contributed by atoms with Crippen LogP contribution in [0.25, 0.3) is 0 Å². The largest absolute Gasteiger partial charge is 0.301 e. The van der Waals surface area contributed by atoms with Crippen molar-refractivity contribution in [2.24, 2.45) is 5.84 Å². The number of piperazine rings is 1. The summed E-state index contributed by atoms with van der Waals surface area (Å²) in [6.07, 6.45) is 1.21. The second-order valence-corrected chi connectivity index (χ2v) is 5.25. The molecule has 1 aromatic carbocycles. The minimum absolute atomic E-state index is 0.217. The first-order valence-corrected chi connectivity index (χ1v) is 7.28. The Morgan fingerprint density at radius 3 is 2.50 bits per heavy atom. The van der Waals surface area contributed by atoms with Crippen LogP contribution >= 0.6 is 0 Å². The van der Waals surface area contributed by atoms with Gasteiger partial charge in [0.1, 0.15) is 0 Å². The van der Waals surface area contributed by atoms with Crippen molar-refractivity contribution in [2.75, 3.05) is 32.7 Å². The van der Waals surface area contributed by atoms with Crippen molar-refractivity contribution in [3.8, 4) is 0 Å². The van der Waals surface area contributed by atoms with Gasteiger partial charge in [0.05, 0.1) is 0 Å². The van der Waals surface area contributed by atoms with Crippen LogP contribution in [-0.4, -0.2) is 48.4 Å². The van der Waals surface area contributed by atoms with Crippen molar-refractivity contribution in [1.29, 1.82) is 0 Å². The number of carbonyl (C=O) groups is 1. The first-order valence-electron chi connectivity index (χ1n) is 7.28. The summed E-state index contributed by atoms with van der Waals surface area (Å²) >= 11 is 0. The Morgan fingerprint density at radius 2 is 1.85 bits per heavy atom. The third-order valence-corrected chi connectivity index (χ3v) is 3.79. The van der Waals surface area contributed by atoms with Gasteiger partial charge in [-0.15, -0.1) is 0 Å². The maximum Gasteiger partial charge on any atom is 0.265 e. The van der Waals surface area contributed by atoms with E-state index in [9.17, 15) is 4.79 Å². The van der Waals surface area contributed by atoms with Crippen molar-refractivity contribution in [3.05, 3.63) is 35.4 Å². The average molecular weight is 276 g/mol. The van der Waals surface area contributed by atoms with E-state index in [0.717, 1.165) is 38.3 Å². The standard InChI is InChI=1S/C15H24N4O/c1-2-7-18-8-10-19(11-9-18)12-13-5-3-4-6-14(13)15(20)17-16/h3-6H,2,7-12,16H2,1H3,(H,17,20). The minimum Gasteiger partial charge on any atom is -0.301 e. The molecule has 0 aliphatic carbocycles. The van der Waals surface area contributed by atoms with E-state index in [-0.39, 0.29) is 5.91 Å². The highest BCUT2D eigenvalue weighted by Crippen LogP contribution is 2.13. The van der Waals surface area contributed by atoms with E-state index < -0.39 is 0 Å². The highest BCUT2D eigenvalue weighted by Gasteiger charge is 2.18. The van der Waals surface area contributed by atoms with Gasteiger partial charge in [-0.2, -0.15) is 0 Å². The number of amides is 1. The summed E-state index contributed by atoms with van der Waals surface area (Å²) in [6, 6.07) is 7.66. The Hall–Kier alpha value is -1.43. The highest BCUT2D eigenvalue weighted by atomic mass is 16.2. The third-order valence-electron chi connectivity index (χ3n) is 3.79. The molecule has 5 nitrogen and oxygen atoms in total. The van der Waals surface area contributed by atoms with Crippen molar-refractivity contribution in [3.63, 3.8) is 0 Å². The van der Waals surface area contributed by atoms with Crippen LogP contribution in [0.1, 0.15) is 29.3 Å². The Bertz CT molecular complexity index is 441. The molecule has 0 bridgehead atoms. The molecule has 20 heavy (non-hydrogen) atoms. The quantitative estimate of drug-likeness (QED) is 0.475. The van der Waals surface area contributed by atoms with E-state index in [1.54, 1.807) is 0 Å². The van der Waals surface area contributed by atoms with Crippen molar-refractivity contribution >= 4 is 5.91 Å². The number of hydrazine groups is 1. The number of benzene rings is 1. The van der Waals surface area contributed by atoms with Gasteiger partial charge in [0.2, 0.25) is 0 Å². The second kappa shape index (κ2) is 7.38. The fraction of sp³-hybridized carbons (Fsp3) is 0.533. The van der Waals surface area contributed by atoms with Crippen LogP contribution in [0.4, 0.5) is 0 Å². The molecule has 0 atom stereocenters. The fourth-order valence-corrected chi connectivity index (χ4v) is 2.69. The predicted octanol–water partition coefficient (Wildman–Crippen LogP) is 0.818. The molecule has 1 saturated heterocycles. The van der Waals surface area contributed by atoms with E-state index in [0.29, 0.717) is 5.56 Å². The molecule has 1 amide bonds. The molecule has 0 aromatic heterocycles. The number of nitrogens with two attached hydrogens (primary N) is 1. The predicted molar refractivity (Wildman–Crippen MR) is 80.1 cm³/mol. The Balaban J connectivity index is 1.96. The van der Waals surface area contributed by atoms with Crippen molar-refractivity contribution < 1.29 is 4.79 Å². The van der Waals surface area contributed by atoms with Crippen LogP contribution in [0.15, 0.2) is 24.3 Å². The van der Waals surface area contributed by atoms with E-state index in [4.69, 9.17) is 5.84 Å². The summed E-state index contributed by atoms with van der Waals surface area (Å²) in [5, 5.41) is 0. The average Bonchev–Trinajstić information content (AvgIpc) is 2.49. The Kier molecular flexibility index (Phi) is 5.52. The fourth-order valence-electron chi connectivity index (χ4n) is 2.69. The highest BCUT2D eigenvalue weighted by molar-refractivity contribution is 5.95. The van der Waals surface area contributed by atoms with Crippen LogP contribution in [0, 0.1) is 0 Å². The lowest BCUT2D eigenvalue weighted by atomic mass is 10.1. The SMILES string of the molecule is CCCN1CCN(Cc2ccccc2C(=O)NN)CC1. The number of carbonyl (C=O) groups excluding carboxylic acids is 1. The summed E-state index contributed by atoms with van der Waals surface area (Å²) in [6.45, 7) is 8.53. The van der Waals surface area contributed by atoms with Crippen LogP contribution in [0.2, 0.25) is 0 Å². The van der Waals surface area contributed by atoms with Gasteiger partial charge in [0.15, 0.2) is 0 Å². The van der Waals surface area contributed by atoms with Gasteiger partial charge >= 0.3 is 0 Å². The van der Waals surface area contributed by atoms with Gasteiger partial charge in [-0.1, -0.05) is 25.1 Å². The lowest BCUT2D eigenvalue weighted by Crippen LogP contribution is -2.46. The van der Waals surface area contributed by atoms with Gasteiger partial charge < -0.3 is 4.90 Å². The van der Waals surface area contributed by atoms with E-state index in [1.165, 1.54) is 13.0 Å². The minimum atomic E-state index is -0.217. The molecule has 1 aliphatic rings. The van der Waals surface area contributed by atoms with Crippen LogP contribution in [0.3, 0.4) is 0 Å². The van der Waals surface area contributed by atoms with Gasteiger partial charge in [0, 0.05) is 38.3 Å². The molecule has 110 valence electrons. The van der Waals surface area contributed by atoms with Crippen LogP contribution in [0.5, 0.6) is 0 Å². The normalized spacial score (nSPS) is 17.1. The summed E-state index contributed by atoms with van der Waals surface area (Å²) in [5.74, 6) is 5.02.